The number of nitrogens with zero attached hydrogens (tertiary/aromatic N) is 2. The summed E-state index contributed by atoms with van der Waals surface area (Å²) in [5, 5.41) is 9.04. The summed E-state index contributed by atoms with van der Waals surface area (Å²) < 4.78 is 11.6. The summed E-state index contributed by atoms with van der Waals surface area (Å²) in [7, 11) is 0. The summed E-state index contributed by atoms with van der Waals surface area (Å²) >= 11 is 0. The Kier molecular flexibility index (Phi) is 6.07. The Morgan fingerprint density at radius 3 is 2.85 bits per heavy atom. The Hall–Kier alpha value is -2.60. The molecular formula is C20H24N2O4. The van der Waals surface area contributed by atoms with Crippen LogP contribution in [0.3, 0.4) is 0 Å². The van der Waals surface area contributed by atoms with Crippen LogP contribution in [-0.2, 0) is 17.8 Å². The zero-order valence-corrected chi connectivity index (χ0v) is 14.9. The van der Waals surface area contributed by atoms with Gasteiger partial charge in [0.25, 0.3) is 5.91 Å². The van der Waals surface area contributed by atoms with Crippen LogP contribution < -0.4 is 9.47 Å². The summed E-state index contributed by atoms with van der Waals surface area (Å²) in [4.78, 5) is 18.3. The number of rotatable bonds is 7. The third-order valence-corrected chi connectivity index (χ3v) is 4.51. The van der Waals surface area contributed by atoms with Crippen molar-refractivity contribution in [1.29, 1.82) is 0 Å². The summed E-state index contributed by atoms with van der Waals surface area (Å²) in [6.45, 7) is 3.29. The average Bonchev–Trinajstić information content (AvgIpc) is 3.15. The van der Waals surface area contributed by atoms with Crippen molar-refractivity contribution in [2.45, 2.75) is 32.5 Å². The van der Waals surface area contributed by atoms with Crippen molar-refractivity contribution in [2.75, 3.05) is 19.7 Å². The first-order valence-electron chi connectivity index (χ1n) is 8.89. The van der Waals surface area contributed by atoms with E-state index in [0.29, 0.717) is 18.8 Å². The molecule has 1 aromatic carbocycles. The van der Waals surface area contributed by atoms with Gasteiger partial charge < -0.3 is 19.5 Å². The van der Waals surface area contributed by atoms with Crippen molar-refractivity contribution in [3.8, 4) is 11.5 Å². The molecule has 2 heterocycles. The van der Waals surface area contributed by atoms with Crippen molar-refractivity contribution < 1.29 is 19.4 Å². The molecule has 1 aliphatic rings. The molecule has 1 amide bonds. The second kappa shape index (κ2) is 8.67. The molecule has 1 aromatic heterocycles. The van der Waals surface area contributed by atoms with Gasteiger partial charge in [-0.05, 0) is 35.7 Å². The predicted molar refractivity (Wildman–Crippen MR) is 97.1 cm³/mol. The fraction of sp³-hybridized carbons (Fsp3) is 0.400. The molecule has 0 spiro atoms. The minimum absolute atomic E-state index is 0.00169. The molecule has 138 valence electrons. The van der Waals surface area contributed by atoms with Gasteiger partial charge >= 0.3 is 0 Å². The first-order valence-corrected chi connectivity index (χ1v) is 8.89. The molecule has 3 rings (SSSR count). The predicted octanol–water partition coefficient (Wildman–Crippen LogP) is 2.20. The number of likely N-dealkylation sites (tertiary alicyclic amines) is 1. The van der Waals surface area contributed by atoms with E-state index in [9.17, 15) is 4.79 Å². The van der Waals surface area contributed by atoms with Crippen molar-refractivity contribution in [1.82, 2.24) is 9.88 Å². The largest absolute Gasteiger partial charge is 0.487 e. The first-order chi connectivity index (χ1) is 12.7. The van der Waals surface area contributed by atoms with Crippen LogP contribution in [0, 0.1) is 0 Å². The Balaban J connectivity index is 1.49. The monoisotopic (exact) mass is 356 g/mol. The van der Waals surface area contributed by atoms with Crippen molar-refractivity contribution in [3.05, 3.63) is 53.9 Å². The average molecular weight is 356 g/mol. The van der Waals surface area contributed by atoms with Crippen molar-refractivity contribution >= 4 is 5.91 Å². The third kappa shape index (κ3) is 4.52. The molecule has 1 N–H and O–H groups in total. The number of hydrogen-bond acceptors (Lipinski definition) is 5. The fourth-order valence-electron chi connectivity index (χ4n) is 2.96. The third-order valence-electron chi connectivity index (χ3n) is 4.51. The molecule has 0 radical (unpaired) electrons. The molecule has 1 saturated heterocycles. The zero-order chi connectivity index (χ0) is 18.4. The minimum atomic E-state index is -0.0516. The Labute approximate surface area is 153 Å². The van der Waals surface area contributed by atoms with E-state index >= 15 is 0 Å². The van der Waals surface area contributed by atoms with E-state index in [0.717, 1.165) is 29.7 Å². The number of carbonyl (C=O) groups is 1. The minimum Gasteiger partial charge on any atom is -0.487 e. The molecule has 26 heavy (non-hydrogen) atoms. The standard InChI is InChI=1S/C20H24N2O4/c1-2-16-7-9-21-11-19(16)26-18-8-10-22(12-18)20(24)14-25-17-5-3-15(13-23)4-6-17/h3-7,9,11,18,23H,2,8,10,12-14H2,1H3. The number of aryl methyl sites for hydroxylation is 1. The second-order valence-corrected chi connectivity index (χ2v) is 6.30. The lowest BCUT2D eigenvalue weighted by atomic mass is 10.2. The highest BCUT2D eigenvalue weighted by atomic mass is 16.5. The summed E-state index contributed by atoms with van der Waals surface area (Å²) in [6, 6.07) is 9.02. The van der Waals surface area contributed by atoms with Gasteiger partial charge in [0.05, 0.1) is 19.3 Å². The smallest absolute Gasteiger partial charge is 0.260 e. The molecule has 2 aromatic rings. The van der Waals surface area contributed by atoms with Gasteiger partial charge in [-0.2, -0.15) is 0 Å². The number of carbonyl (C=O) groups excluding carboxylic acids is 1. The highest BCUT2D eigenvalue weighted by Gasteiger charge is 2.28. The van der Waals surface area contributed by atoms with Crippen LogP contribution in [0.5, 0.6) is 11.5 Å². The summed E-state index contributed by atoms with van der Waals surface area (Å²) in [5.74, 6) is 1.37. The van der Waals surface area contributed by atoms with Gasteiger partial charge in [0, 0.05) is 19.2 Å². The molecule has 0 saturated carbocycles. The van der Waals surface area contributed by atoms with Crippen molar-refractivity contribution in [2.24, 2.45) is 0 Å². The van der Waals surface area contributed by atoms with Gasteiger partial charge in [0.1, 0.15) is 17.6 Å². The van der Waals surface area contributed by atoms with E-state index in [1.54, 1.807) is 41.6 Å². The molecule has 6 heteroatoms. The van der Waals surface area contributed by atoms with E-state index in [1.165, 1.54) is 0 Å². The summed E-state index contributed by atoms with van der Waals surface area (Å²) in [6.07, 6.45) is 5.17. The number of ether oxygens (including phenoxy) is 2. The number of pyridine rings is 1. The van der Waals surface area contributed by atoms with Gasteiger partial charge in [-0.25, -0.2) is 0 Å². The number of aromatic nitrogens is 1. The second-order valence-electron chi connectivity index (χ2n) is 6.30. The maximum atomic E-state index is 12.4. The Morgan fingerprint density at radius 1 is 1.31 bits per heavy atom. The molecule has 6 nitrogen and oxygen atoms in total. The van der Waals surface area contributed by atoms with Crippen LogP contribution in [0.4, 0.5) is 0 Å². The lowest BCUT2D eigenvalue weighted by Crippen LogP contribution is -2.34. The Bertz CT molecular complexity index is 733. The zero-order valence-electron chi connectivity index (χ0n) is 14.9. The van der Waals surface area contributed by atoms with E-state index in [2.05, 4.69) is 11.9 Å². The van der Waals surface area contributed by atoms with Crippen LogP contribution in [-0.4, -0.2) is 46.7 Å². The number of benzene rings is 1. The van der Waals surface area contributed by atoms with Gasteiger partial charge in [0.2, 0.25) is 0 Å². The molecule has 1 unspecified atom stereocenters. The highest BCUT2D eigenvalue weighted by molar-refractivity contribution is 5.78. The number of aliphatic hydroxyl groups excluding tert-OH is 1. The highest BCUT2D eigenvalue weighted by Crippen LogP contribution is 2.22. The van der Waals surface area contributed by atoms with E-state index in [4.69, 9.17) is 14.6 Å². The molecule has 0 bridgehead atoms. The van der Waals surface area contributed by atoms with Crippen molar-refractivity contribution in [3.63, 3.8) is 0 Å². The Morgan fingerprint density at radius 2 is 2.12 bits per heavy atom. The molecule has 1 aliphatic heterocycles. The van der Waals surface area contributed by atoms with Crippen LogP contribution >= 0.6 is 0 Å². The van der Waals surface area contributed by atoms with E-state index in [1.807, 2.05) is 6.07 Å². The molecule has 0 aliphatic carbocycles. The van der Waals surface area contributed by atoms with Gasteiger partial charge in [0.15, 0.2) is 6.61 Å². The molecular weight excluding hydrogens is 332 g/mol. The normalized spacial score (nSPS) is 16.5. The number of aliphatic hydroxyl groups is 1. The van der Waals surface area contributed by atoms with Crippen LogP contribution in [0.1, 0.15) is 24.5 Å². The topological polar surface area (TPSA) is 71.9 Å². The van der Waals surface area contributed by atoms with E-state index < -0.39 is 0 Å². The van der Waals surface area contributed by atoms with Crippen LogP contribution in [0.15, 0.2) is 42.7 Å². The summed E-state index contributed by atoms with van der Waals surface area (Å²) in [5.41, 5.74) is 1.93. The maximum Gasteiger partial charge on any atom is 0.260 e. The number of hydrogen-bond donors (Lipinski definition) is 1. The lowest BCUT2D eigenvalue weighted by Gasteiger charge is -2.18. The van der Waals surface area contributed by atoms with Gasteiger partial charge in [-0.1, -0.05) is 19.1 Å². The molecule has 1 atom stereocenters. The quantitative estimate of drug-likeness (QED) is 0.823. The fourth-order valence-corrected chi connectivity index (χ4v) is 2.96. The van der Waals surface area contributed by atoms with Crippen LogP contribution in [0.25, 0.3) is 0 Å². The van der Waals surface area contributed by atoms with Gasteiger partial charge in [-0.3, -0.25) is 9.78 Å². The number of amides is 1. The van der Waals surface area contributed by atoms with Crippen LogP contribution in [0.2, 0.25) is 0 Å². The first kappa shape index (κ1) is 18.2. The SMILES string of the molecule is CCc1ccncc1OC1CCN(C(=O)COc2ccc(CO)cc2)C1. The van der Waals surface area contributed by atoms with E-state index in [-0.39, 0.29) is 25.2 Å². The van der Waals surface area contributed by atoms with Gasteiger partial charge in [-0.15, -0.1) is 0 Å². The maximum absolute atomic E-state index is 12.4. The molecule has 1 fully saturated rings. The lowest BCUT2D eigenvalue weighted by molar-refractivity contribution is -0.132.